The molecule has 3 heteroatoms. The normalized spacial score (nSPS) is 29.1. The Bertz CT molecular complexity index is 508. The van der Waals surface area contributed by atoms with Gasteiger partial charge in [0.05, 0.1) is 6.42 Å². The van der Waals surface area contributed by atoms with E-state index in [0.717, 1.165) is 18.4 Å². The van der Waals surface area contributed by atoms with Crippen LogP contribution in [0.3, 0.4) is 0 Å². The molecule has 1 N–H and O–H groups in total. The lowest BCUT2D eigenvalue weighted by Crippen LogP contribution is -2.52. The molecule has 0 spiro atoms. The molecule has 1 aliphatic carbocycles. The van der Waals surface area contributed by atoms with Crippen molar-refractivity contribution in [3.05, 3.63) is 30.1 Å². The van der Waals surface area contributed by atoms with Crippen molar-refractivity contribution < 1.29 is 4.79 Å². The van der Waals surface area contributed by atoms with E-state index >= 15 is 0 Å². The van der Waals surface area contributed by atoms with Gasteiger partial charge in [-0.3, -0.25) is 9.78 Å². The minimum absolute atomic E-state index is 0.0606. The van der Waals surface area contributed by atoms with E-state index < -0.39 is 0 Å². The van der Waals surface area contributed by atoms with E-state index in [9.17, 15) is 4.79 Å². The summed E-state index contributed by atoms with van der Waals surface area (Å²) in [6.45, 7) is 11.6. The molecule has 0 aromatic carbocycles. The molecule has 1 aliphatic rings. The number of rotatable bonds is 3. The maximum atomic E-state index is 12.3. The zero-order valence-electron chi connectivity index (χ0n) is 14.7. The van der Waals surface area contributed by atoms with Crippen molar-refractivity contribution in [2.75, 3.05) is 0 Å². The fraction of sp³-hybridized carbons (Fsp3) is 0.684. The van der Waals surface area contributed by atoms with Crippen LogP contribution < -0.4 is 5.32 Å². The van der Waals surface area contributed by atoms with Gasteiger partial charge in [0.15, 0.2) is 0 Å². The van der Waals surface area contributed by atoms with E-state index in [2.05, 4.69) is 44.9 Å². The van der Waals surface area contributed by atoms with Crippen LogP contribution in [0.1, 0.15) is 65.9 Å². The van der Waals surface area contributed by atoms with E-state index in [-0.39, 0.29) is 11.4 Å². The molecule has 1 amide bonds. The van der Waals surface area contributed by atoms with Crippen LogP contribution in [0, 0.1) is 10.8 Å². The van der Waals surface area contributed by atoms with Crippen molar-refractivity contribution >= 4 is 5.91 Å². The molecular formula is C19H30N2O. The highest BCUT2D eigenvalue weighted by atomic mass is 16.1. The van der Waals surface area contributed by atoms with Crippen LogP contribution in [0.2, 0.25) is 0 Å². The zero-order chi connectivity index (χ0) is 16.4. The van der Waals surface area contributed by atoms with Gasteiger partial charge in [0.2, 0.25) is 5.91 Å². The molecule has 3 nitrogen and oxygen atoms in total. The summed E-state index contributed by atoms with van der Waals surface area (Å²) in [5.41, 5.74) is 1.64. The third kappa shape index (κ3) is 3.88. The summed E-state index contributed by atoms with van der Waals surface area (Å²) in [5, 5.41) is 3.27. The topological polar surface area (TPSA) is 42.0 Å². The van der Waals surface area contributed by atoms with Crippen LogP contribution in [-0.2, 0) is 11.2 Å². The standard InChI is InChI=1S/C19H30N2O/c1-17(2,3)18(4)8-10-19(5,11-9-18)21-16(22)14-15-6-12-20-13-7-15/h6-7,12-13H,8-11,14H2,1-5H3,(H,21,22). The molecule has 0 saturated heterocycles. The van der Waals surface area contributed by atoms with Gasteiger partial charge in [-0.15, -0.1) is 0 Å². The second-order valence-corrected chi connectivity index (χ2v) is 8.45. The Morgan fingerprint density at radius 2 is 1.68 bits per heavy atom. The number of nitrogens with one attached hydrogen (secondary N) is 1. The number of nitrogens with zero attached hydrogens (tertiary/aromatic N) is 1. The van der Waals surface area contributed by atoms with E-state index in [1.54, 1.807) is 12.4 Å². The van der Waals surface area contributed by atoms with E-state index in [1.807, 2.05) is 12.1 Å². The third-order valence-corrected chi connectivity index (χ3v) is 5.82. The molecule has 122 valence electrons. The van der Waals surface area contributed by atoms with Crippen molar-refractivity contribution in [3.63, 3.8) is 0 Å². The lowest BCUT2D eigenvalue weighted by atomic mass is 9.58. The Labute approximate surface area is 134 Å². The summed E-state index contributed by atoms with van der Waals surface area (Å²) in [4.78, 5) is 16.3. The number of carbonyl (C=O) groups is 1. The predicted octanol–water partition coefficient (Wildman–Crippen LogP) is 4.13. The molecule has 1 aromatic heterocycles. The fourth-order valence-corrected chi connectivity index (χ4v) is 3.30. The first-order valence-corrected chi connectivity index (χ1v) is 8.34. The summed E-state index contributed by atoms with van der Waals surface area (Å²) >= 11 is 0. The first-order chi connectivity index (χ1) is 10.1. The molecule has 0 bridgehead atoms. The van der Waals surface area contributed by atoms with Gasteiger partial charge in [-0.25, -0.2) is 0 Å². The van der Waals surface area contributed by atoms with Gasteiger partial charge < -0.3 is 5.32 Å². The quantitative estimate of drug-likeness (QED) is 0.912. The van der Waals surface area contributed by atoms with Gasteiger partial charge in [-0.1, -0.05) is 27.7 Å². The Morgan fingerprint density at radius 3 is 2.18 bits per heavy atom. The van der Waals surface area contributed by atoms with Crippen molar-refractivity contribution in [3.8, 4) is 0 Å². The molecule has 0 aliphatic heterocycles. The number of carbonyl (C=O) groups excluding carboxylic acids is 1. The number of amides is 1. The average Bonchev–Trinajstić information content (AvgIpc) is 2.42. The third-order valence-electron chi connectivity index (χ3n) is 5.82. The smallest absolute Gasteiger partial charge is 0.224 e. The number of hydrogen-bond acceptors (Lipinski definition) is 2. The molecule has 0 unspecified atom stereocenters. The van der Waals surface area contributed by atoms with Crippen molar-refractivity contribution in [2.24, 2.45) is 10.8 Å². The molecule has 1 heterocycles. The second kappa shape index (κ2) is 6.02. The highest BCUT2D eigenvalue weighted by Gasteiger charge is 2.44. The lowest BCUT2D eigenvalue weighted by Gasteiger charge is -2.50. The van der Waals surface area contributed by atoms with Gasteiger partial charge in [0, 0.05) is 17.9 Å². The molecule has 22 heavy (non-hydrogen) atoms. The summed E-state index contributed by atoms with van der Waals surface area (Å²) in [6, 6.07) is 3.80. The zero-order valence-corrected chi connectivity index (χ0v) is 14.7. The minimum atomic E-state index is -0.0606. The Kier molecular flexibility index (Phi) is 4.65. The maximum absolute atomic E-state index is 12.3. The van der Waals surface area contributed by atoms with Crippen LogP contribution in [0.4, 0.5) is 0 Å². The highest BCUT2D eigenvalue weighted by molar-refractivity contribution is 5.79. The van der Waals surface area contributed by atoms with E-state index in [0.29, 0.717) is 17.3 Å². The van der Waals surface area contributed by atoms with Crippen LogP contribution >= 0.6 is 0 Å². The van der Waals surface area contributed by atoms with Crippen molar-refractivity contribution in [2.45, 2.75) is 72.3 Å². The second-order valence-electron chi connectivity index (χ2n) is 8.45. The van der Waals surface area contributed by atoms with Crippen molar-refractivity contribution in [1.29, 1.82) is 0 Å². The summed E-state index contributed by atoms with van der Waals surface area (Å²) in [7, 11) is 0. The first-order valence-electron chi connectivity index (χ1n) is 8.34. The van der Waals surface area contributed by atoms with Gasteiger partial charge in [-0.2, -0.15) is 0 Å². The molecule has 1 saturated carbocycles. The Balaban J connectivity index is 1.92. The van der Waals surface area contributed by atoms with E-state index in [1.165, 1.54) is 12.8 Å². The molecule has 1 aromatic rings. The van der Waals surface area contributed by atoms with Gasteiger partial charge in [0.1, 0.15) is 0 Å². The monoisotopic (exact) mass is 302 g/mol. The Hall–Kier alpha value is -1.38. The molecular weight excluding hydrogens is 272 g/mol. The molecule has 0 atom stereocenters. The number of aromatic nitrogens is 1. The predicted molar refractivity (Wildman–Crippen MR) is 90.5 cm³/mol. The van der Waals surface area contributed by atoms with Gasteiger partial charge in [-0.05, 0) is 61.1 Å². The van der Waals surface area contributed by atoms with Crippen LogP contribution in [0.25, 0.3) is 0 Å². The largest absolute Gasteiger partial charge is 0.351 e. The number of hydrogen-bond donors (Lipinski definition) is 1. The highest BCUT2D eigenvalue weighted by Crippen LogP contribution is 2.51. The SMILES string of the molecule is CC1(NC(=O)Cc2ccncc2)CCC(C)(C(C)(C)C)CC1. The average molecular weight is 302 g/mol. The molecule has 0 radical (unpaired) electrons. The van der Waals surface area contributed by atoms with Gasteiger partial charge >= 0.3 is 0 Å². The van der Waals surface area contributed by atoms with Crippen LogP contribution in [0.15, 0.2) is 24.5 Å². The first kappa shape index (κ1) is 17.0. The number of pyridine rings is 1. The molecule has 2 rings (SSSR count). The summed E-state index contributed by atoms with van der Waals surface area (Å²) < 4.78 is 0. The van der Waals surface area contributed by atoms with Crippen LogP contribution in [-0.4, -0.2) is 16.4 Å². The van der Waals surface area contributed by atoms with Crippen LogP contribution in [0.5, 0.6) is 0 Å². The maximum Gasteiger partial charge on any atom is 0.224 e. The van der Waals surface area contributed by atoms with Crippen molar-refractivity contribution in [1.82, 2.24) is 10.3 Å². The summed E-state index contributed by atoms with van der Waals surface area (Å²) in [6.07, 6.45) is 8.37. The fourth-order valence-electron chi connectivity index (χ4n) is 3.30. The Morgan fingerprint density at radius 1 is 1.14 bits per heavy atom. The van der Waals surface area contributed by atoms with Gasteiger partial charge in [0.25, 0.3) is 0 Å². The van der Waals surface area contributed by atoms with E-state index in [4.69, 9.17) is 0 Å². The minimum Gasteiger partial charge on any atom is -0.351 e. The molecule has 1 fully saturated rings. The lowest BCUT2D eigenvalue weighted by molar-refractivity contribution is -0.123. The summed E-state index contributed by atoms with van der Waals surface area (Å²) in [5.74, 6) is 0.119.